The molecule has 0 radical (unpaired) electrons. The minimum Gasteiger partial charge on any atom is -0.508 e. The van der Waals surface area contributed by atoms with Crippen molar-refractivity contribution in [3.8, 4) is 18.1 Å². The maximum absolute atomic E-state index is 13.9. The quantitative estimate of drug-likeness (QED) is 0.103. The predicted molar refractivity (Wildman–Crippen MR) is 188 cm³/mol. The van der Waals surface area contributed by atoms with Crippen molar-refractivity contribution in [2.24, 2.45) is 0 Å². The van der Waals surface area contributed by atoms with E-state index in [1.54, 1.807) is 6.07 Å². The standard InChI is InChI=1S/C39H52N4O4/c1-5-33(27-34(6-2)39(46)42-22-14-21-40(23-25-42)20-12-11-19-37(45)47-7-3)38(35-17-13-18-36(44)28-35)43-26-24-41(29-31(43)4)30-32-15-9-8-10-16-32/h2,5,8-10,13,15-18,27-28,31,38,44H,7,11-12,14,19-26,29-30H2,1,3-4H3/b33-5+,34-27+. The molecule has 0 spiro atoms. The van der Waals surface area contributed by atoms with Crippen molar-refractivity contribution in [3.05, 3.63) is 89.0 Å². The molecule has 8 nitrogen and oxygen atoms in total. The molecule has 0 aliphatic carbocycles. The summed E-state index contributed by atoms with van der Waals surface area (Å²) in [7, 11) is 0. The molecule has 2 fully saturated rings. The Balaban J connectivity index is 1.46. The van der Waals surface area contributed by atoms with Gasteiger partial charge in [-0.15, -0.1) is 6.42 Å². The molecule has 47 heavy (non-hydrogen) atoms. The van der Waals surface area contributed by atoms with Crippen LogP contribution in [-0.2, 0) is 20.9 Å². The Kier molecular flexibility index (Phi) is 14.1. The van der Waals surface area contributed by atoms with Crippen molar-refractivity contribution in [1.82, 2.24) is 19.6 Å². The molecule has 2 unspecified atom stereocenters. The Morgan fingerprint density at radius 3 is 2.51 bits per heavy atom. The molecule has 2 heterocycles. The van der Waals surface area contributed by atoms with Crippen LogP contribution >= 0.6 is 0 Å². The van der Waals surface area contributed by atoms with Gasteiger partial charge in [0.2, 0.25) is 0 Å². The number of benzene rings is 2. The lowest BCUT2D eigenvalue weighted by Crippen LogP contribution is -2.52. The van der Waals surface area contributed by atoms with Crippen LogP contribution in [0.15, 0.2) is 77.9 Å². The third kappa shape index (κ3) is 10.6. The van der Waals surface area contributed by atoms with E-state index in [1.807, 2.05) is 55.2 Å². The van der Waals surface area contributed by atoms with E-state index in [1.165, 1.54) is 5.56 Å². The first-order chi connectivity index (χ1) is 22.8. The Hall–Kier alpha value is -3.90. The lowest BCUT2D eigenvalue weighted by molar-refractivity contribution is -0.143. The summed E-state index contributed by atoms with van der Waals surface area (Å²) >= 11 is 0. The highest BCUT2D eigenvalue weighted by molar-refractivity contribution is 5.98. The van der Waals surface area contributed by atoms with E-state index < -0.39 is 0 Å². The van der Waals surface area contributed by atoms with Crippen molar-refractivity contribution in [2.75, 3.05) is 59.0 Å². The van der Waals surface area contributed by atoms with Gasteiger partial charge in [-0.05, 0) is 88.0 Å². The van der Waals surface area contributed by atoms with E-state index in [-0.39, 0.29) is 29.7 Å². The number of phenols is 1. The normalized spacial score (nSPS) is 19.5. The molecule has 1 N–H and O–H groups in total. The van der Waals surface area contributed by atoms with Crippen molar-refractivity contribution in [2.45, 2.75) is 65.1 Å². The van der Waals surface area contributed by atoms with Crippen LogP contribution in [0.4, 0.5) is 0 Å². The zero-order chi connectivity index (χ0) is 33.6. The van der Waals surface area contributed by atoms with Crippen LogP contribution in [0, 0.1) is 12.3 Å². The van der Waals surface area contributed by atoms with Crippen LogP contribution in [-0.4, -0.2) is 102 Å². The second kappa shape index (κ2) is 18.4. The van der Waals surface area contributed by atoms with Gasteiger partial charge in [0.25, 0.3) is 5.91 Å². The lowest BCUT2D eigenvalue weighted by atomic mass is 9.92. The number of ether oxygens (including phenoxy) is 1. The largest absolute Gasteiger partial charge is 0.508 e. The SMILES string of the molecule is C#C/C(=C\C(=C/C)C(c1cccc(O)c1)N1CCN(Cc2ccccc2)CC1C)C(=O)N1CCCN(CCCCC(=O)OCC)CC1. The number of carbonyl (C=O) groups is 2. The Labute approximate surface area is 281 Å². The van der Waals surface area contributed by atoms with Gasteiger partial charge in [0.15, 0.2) is 0 Å². The first-order valence-corrected chi connectivity index (χ1v) is 17.2. The lowest BCUT2D eigenvalue weighted by Gasteiger charge is -2.44. The minimum atomic E-state index is -0.175. The van der Waals surface area contributed by atoms with Crippen LogP contribution in [0.3, 0.4) is 0 Å². The average Bonchev–Trinajstić information content (AvgIpc) is 3.32. The number of hydrogen-bond donors (Lipinski definition) is 1. The number of aromatic hydroxyl groups is 1. The number of piperazine rings is 1. The minimum absolute atomic E-state index is 0.119. The average molecular weight is 641 g/mol. The zero-order valence-corrected chi connectivity index (χ0v) is 28.4. The summed E-state index contributed by atoms with van der Waals surface area (Å²) in [6.07, 6.45) is 13.0. The van der Waals surface area contributed by atoms with E-state index >= 15 is 0 Å². The molecule has 2 saturated heterocycles. The van der Waals surface area contributed by atoms with Crippen LogP contribution in [0.1, 0.15) is 63.6 Å². The highest BCUT2D eigenvalue weighted by Gasteiger charge is 2.33. The van der Waals surface area contributed by atoms with Gasteiger partial charge < -0.3 is 19.6 Å². The molecule has 0 aromatic heterocycles. The summed E-state index contributed by atoms with van der Waals surface area (Å²) in [4.78, 5) is 34.7. The van der Waals surface area contributed by atoms with Gasteiger partial charge in [0, 0.05) is 58.3 Å². The van der Waals surface area contributed by atoms with E-state index in [0.29, 0.717) is 31.7 Å². The first kappa shape index (κ1) is 35.9. The van der Waals surface area contributed by atoms with Crippen molar-refractivity contribution < 1.29 is 19.4 Å². The number of carbonyl (C=O) groups excluding carboxylic acids is 2. The summed E-state index contributed by atoms with van der Waals surface area (Å²) in [6.45, 7) is 13.9. The van der Waals surface area contributed by atoms with Crippen LogP contribution in [0.25, 0.3) is 0 Å². The smallest absolute Gasteiger partial charge is 0.305 e. The highest BCUT2D eigenvalue weighted by atomic mass is 16.5. The van der Waals surface area contributed by atoms with E-state index in [4.69, 9.17) is 11.2 Å². The number of hydrogen-bond acceptors (Lipinski definition) is 7. The molecule has 2 aliphatic rings. The predicted octanol–water partition coefficient (Wildman–Crippen LogP) is 5.41. The number of nitrogens with zero attached hydrogens (tertiary/aromatic N) is 4. The number of allylic oxidation sites excluding steroid dienone is 1. The fraction of sp³-hybridized carbons (Fsp3) is 0.487. The van der Waals surface area contributed by atoms with E-state index in [9.17, 15) is 14.7 Å². The third-order valence-electron chi connectivity index (χ3n) is 9.16. The molecule has 2 aromatic rings. The monoisotopic (exact) mass is 640 g/mol. The summed E-state index contributed by atoms with van der Waals surface area (Å²) in [6, 6.07) is 18.0. The Morgan fingerprint density at radius 2 is 1.81 bits per heavy atom. The molecule has 1 amide bonds. The van der Waals surface area contributed by atoms with Crippen LogP contribution in [0.5, 0.6) is 5.75 Å². The van der Waals surface area contributed by atoms with Gasteiger partial charge in [-0.3, -0.25) is 19.4 Å². The Morgan fingerprint density at radius 1 is 1.02 bits per heavy atom. The van der Waals surface area contributed by atoms with Gasteiger partial charge in [0.1, 0.15) is 5.75 Å². The van der Waals surface area contributed by atoms with Crippen molar-refractivity contribution >= 4 is 11.9 Å². The van der Waals surface area contributed by atoms with Gasteiger partial charge in [-0.1, -0.05) is 54.5 Å². The first-order valence-electron chi connectivity index (χ1n) is 17.2. The maximum Gasteiger partial charge on any atom is 0.305 e. The molecule has 2 atom stereocenters. The summed E-state index contributed by atoms with van der Waals surface area (Å²) in [5, 5.41) is 10.5. The summed E-state index contributed by atoms with van der Waals surface area (Å²) < 4.78 is 5.03. The number of esters is 1. The number of rotatable bonds is 13. The second-order valence-corrected chi connectivity index (χ2v) is 12.5. The van der Waals surface area contributed by atoms with E-state index in [2.05, 4.69) is 51.8 Å². The maximum atomic E-state index is 13.9. The van der Waals surface area contributed by atoms with Gasteiger partial charge in [-0.2, -0.15) is 0 Å². The fourth-order valence-corrected chi connectivity index (χ4v) is 6.74. The molecular formula is C39H52N4O4. The Bertz CT molecular complexity index is 1420. The number of amides is 1. The highest BCUT2D eigenvalue weighted by Crippen LogP contribution is 2.35. The molecule has 0 bridgehead atoms. The molecule has 4 rings (SSSR count). The van der Waals surface area contributed by atoms with E-state index in [0.717, 1.165) is 76.2 Å². The van der Waals surface area contributed by atoms with Crippen LogP contribution in [0.2, 0.25) is 0 Å². The summed E-state index contributed by atoms with van der Waals surface area (Å²) in [5.74, 6) is 2.68. The number of terminal acetylenes is 1. The van der Waals surface area contributed by atoms with Gasteiger partial charge in [-0.25, -0.2) is 0 Å². The second-order valence-electron chi connectivity index (χ2n) is 12.5. The van der Waals surface area contributed by atoms with Gasteiger partial charge in [0.05, 0.1) is 18.2 Å². The van der Waals surface area contributed by atoms with Crippen molar-refractivity contribution in [1.29, 1.82) is 0 Å². The molecular weight excluding hydrogens is 588 g/mol. The van der Waals surface area contributed by atoms with Gasteiger partial charge >= 0.3 is 5.97 Å². The number of unbranched alkanes of at least 4 members (excludes halogenated alkanes) is 1. The fourth-order valence-electron chi connectivity index (χ4n) is 6.74. The third-order valence-corrected chi connectivity index (χ3v) is 9.16. The van der Waals surface area contributed by atoms with Crippen LogP contribution < -0.4 is 0 Å². The molecule has 2 aromatic carbocycles. The molecule has 0 saturated carbocycles. The topological polar surface area (TPSA) is 76.6 Å². The molecule has 8 heteroatoms. The zero-order valence-electron chi connectivity index (χ0n) is 28.4. The molecule has 2 aliphatic heterocycles. The summed E-state index contributed by atoms with van der Waals surface area (Å²) in [5.41, 5.74) is 3.56. The van der Waals surface area contributed by atoms with Crippen molar-refractivity contribution in [3.63, 3.8) is 0 Å². The number of phenolic OH excluding ortho intramolecular Hbond substituents is 1. The molecule has 252 valence electrons.